The van der Waals surface area contributed by atoms with E-state index in [-0.39, 0.29) is 10.8 Å². The van der Waals surface area contributed by atoms with Gasteiger partial charge in [-0.2, -0.15) is 11.1 Å². The molecule has 1 saturated carbocycles. The lowest BCUT2D eigenvalue weighted by Crippen LogP contribution is -2.29. The summed E-state index contributed by atoms with van der Waals surface area (Å²) in [6.07, 6.45) is 5.19. The van der Waals surface area contributed by atoms with Gasteiger partial charge in [0.05, 0.1) is 0 Å². The average Bonchev–Trinajstić information content (AvgIpc) is 3.37. The van der Waals surface area contributed by atoms with Crippen molar-refractivity contribution in [1.82, 2.24) is 0 Å². The fraction of sp³-hybridized carbons (Fsp3) is 0.500. The summed E-state index contributed by atoms with van der Waals surface area (Å²) in [6, 6.07) is 14.2. The van der Waals surface area contributed by atoms with E-state index in [0.717, 1.165) is 5.92 Å². The third-order valence-corrected chi connectivity index (χ3v) is 9.48. The summed E-state index contributed by atoms with van der Waals surface area (Å²) in [4.78, 5) is 0. The first-order valence-corrected chi connectivity index (χ1v) is 15.6. The molecule has 0 heterocycles. The van der Waals surface area contributed by atoms with Crippen molar-refractivity contribution >= 4 is 24.5 Å². The summed E-state index contributed by atoms with van der Waals surface area (Å²) in [5.41, 5.74) is 10.8. The molecular formula is C28H37ClSi. The first-order valence-electron chi connectivity index (χ1n) is 11.5. The standard InChI is InChI=1S/C28H37ClSi/c1-27(2,3)20-14-19(15-21(16-20)28(4,5)6)22-10-9-11-23-25(22)17-24(18-12-13-18)26(23)30(7,8)29/h9-11,14-18,26H,12-13H2,1-8H3. The second kappa shape index (κ2) is 7.10. The van der Waals surface area contributed by atoms with Gasteiger partial charge in [0, 0.05) is 5.54 Å². The van der Waals surface area contributed by atoms with Crippen LogP contribution in [0.25, 0.3) is 17.2 Å². The highest BCUT2D eigenvalue weighted by molar-refractivity contribution is 7.20. The van der Waals surface area contributed by atoms with Crippen LogP contribution in [-0.4, -0.2) is 7.38 Å². The van der Waals surface area contributed by atoms with E-state index < -0.39 is 7.38 Å². The smallest absolute Gasteiger partial charge is 0.161 e. The molecule has 2 aromatic carbocycles. The van der Waals surface area contributed by atoms with Crippen molar-refractivity contribution in [1.29, 1.82) is 0 Å². The zero-order chi connectivity index (χ0) is 22.1. The van der Waals surface area contributed by atoms with Crippen molar-refractivity contribution in [2.45, 2.75) is 83.8 Å². The lowest BCUT2D eigenvalue weighted by molar-refractivity contribution is 0.569. The first kappa shape index (κ1) is 21.9. The van der Waals surface area contributed by atoms with Crippen molar-refractivity contribution in [2.24, 2.45) is 5.92 Å². The second-order valence-electron chi connectivity index (χ2n) is 12.0. The van der Waals surface area contributed by atoms with Crippen molar-refractivity contribution < 1.29 is 0 Å². The number of fused-ring (bicyclic) bond motifs is 1. The number of hydrogen-bond donors (Lipinski definition) is 0. The van der Waals surface area contributed by atoms with Crippen LogP contribution in [0.2, 0.25) is 13.1 Å². The monoisotopic (exact) mass is 436 g/mol. The molecule has 0 nitrogen and oxygen atoms in total. The molecule has 0 aliphatic heterocycles. The number of hydrogen-bond acceptors (Lipinski definition) is 0. The molecule has 2 heteroatoms. The van der Waals surface area contributed by atoms with Crippen molar-refractivity contribution in [3.8, 4) is 11.1 Å². The largest absolute Gasteiger partial charge is 0.167 e. The SMILES string of the molecule is CC(C)(C)c1cc(-c2cccc3c2C=C(C2CC2)C3[Si](C)(C)Cl)cc(C(C)(C)C)c1. The number of benzene rings is 2. The van der Waals surface area contributed by atoms with Crippen LogP contribution >= 0.6 is 11.1 Å². The molecule has 0 saturated heterocycles. The minimum absolute atomic E-state index is 0.122. The maximum absolute atomic E-state index is 7.10. The van der Waals surface area contributed by atoms with Crippen molar-refractivity contribution in [3.05, 3.63) is 64.2 Å². The fourth-order valence-electron chi connectivity index (χ4n) is 4.86. The van der Waals surface area contributed by atoms with Gasteiger partial charge in [-0.3, -0.25) is 0 Å². The molecule has 0 amide bonds. The van der Waals surface area contributed by atoms with Gasteiger partial charge in [-0.1, -0.05) is 103 Å². The Bertz CT molecular complexity index is 972. The quantitative estimate of drug-likeness (QED) is 0.333. The van der Waals surface area contributed by atoms with Gasteiger partial charge in [-0.05, 0) is 63.0 Å². The van der Waals surface area contributed by atoms with Crippen LogP contribution < -0.4 is 0 Å². The summed E-state index contributed by atoms with van der Waals surface area (Å²) in [5, 5.41) is 0. The molecule has 1 atom stereocenters. The highest BCUT2D eigenvalue weighted by Gasteiger charge is 2.44. The summed E-state index contributed by atoms with van der Waals surface area (Å²) in [6.45, 7) is 18.5. The maximum Gasteiger partial charge on any atom is 0.161 e. The van der Waals surface area contributed by atoms with Gasteiger partial charge < -0.3 is 0 Å². The van der Waals surface area contributed by atoms with Gasteiger partial charge in [0.15, 0.2) is 7.38 Å². The molecule has 0 bridgehead atoms. The highest BCUT2D eigenvalue weighted by Crippen LogP contribution is 2.54. The molecule has 1 unspecified atom stereocenters. The normalized spacial score (nSPS) is 19.6. The Morgan fingerprint density at radius 1 is 0.867 bits per heavy atom. The number of allylic oxidation sites excluding steroid dienone is 1. The zero-order valence-corrected chi connectivity index (χ0v) is 21.7. The average molecular weight is 437 g/mol. The van der Waals surface area contributed by atoms with E-state index in [0.29, 0.717) is 5.54 Å². The van der Waals surface area contributed by atoms with Crippen LogP contribution in [0.4, 0.5) is 0 Å². The van der Waals surface area contributed by atoms with E-state index in [2.05, 4.69) is 97.1 Å². The van der Waals surface area contributed by atoms with E-state index >= 15 is 0 Å². The molecule has 0 spiro atoms. The van der Waals surface area contributed by atoms with Crippen LogP contribution in [0.1, 0.15) is 82.2 Å². The van der Waals surface area contributed by atoms with Gasteiger partial charge >= 0.3 is 0 Å². The molecule has 160 valence electrons. The van der Waals surface area contributed by atoms with E-state index in [4.69, 9.17) is 11.1 Å². The molecule has 2 aliphatic rings. The van der Waals surface area contributed by atoms with Gasteiger partial charge in [-0.15, -0.1) is 0 Å². The summed E-state index contributed by atoms with van der Waals surface area (Å²) < 4.78 is 0. The van der Waals surface area contributed by atoms with E-state index in [1.165, 1.54) is 46.2 Å². The third-order valence-electron chi connectivity index (χ3n) is 6.81. The van der Waals surface area contributed by atoms with E-state index in [9.17, 15) is 0 Å². The van der Waals surface area contributed by atoms with Crippen LogP contribution in [-0.2, 0) is 10.8 Å². The fourth-order valence-corrected chi connectivity index (χ4v) is 7.70. The van der Waals surface area contributed by atoms with Crippen LogP contribution in [0, 0.1) is 5.92 Å². The first-order chi connectivity index (χ1) is 13.8. The van der Waals surface area contributed by atoms with Gasteiger partial charge in [0.2, 0.25) is 0 Å². The minimum atomic E-state index is -1.86. The zero-order valence-electron chi connectivity index (χ0n) is 20.0. The summed E-state index contributed by atoms with van der Waals surface area (Å²) in [7, 11) is -1.86. The Balaban J connectivity index is 1.93. The molecule has 0 aromatic heterocycles. The van der Waals surface area contributed by atoms with Crippen LogP contribution in [0.5, 0.6) is 0 Å². The molecule has 30 heavy (non-hydrogen) atoms. The molecule has 0 N–H and O–H groups in total. The topological polar surface area (TPSA) is 0 Å². The molecule has 1 fully saturated rings. The van der Waals surface area contributed by atoms with E-state index in [1.807, 2.05) is 0 Å². The Morgan fingerprint density at radius 2 is 1.43 bits per heavy atom. The van der Waals surface area contributed by atoms with E-state index in [1.54, 1.807) is 5.57 Å². The van der Waals surface area contributed by atoms with Gasteiger partial charge in [0.1, 0.15) is 0 Å². The molecule has 0 radical (unpaired) electrons. The van der Waals surface area contributed by atoms with Gasteiger partial charge in [0.25, 0.3) is 0 Å². The van der Waals surface area contributed by atoms with Crippen LogP contribution in [0.15, 0.2) is 42.0 Å². The Hall–Kier alpha value is -1.31. The Morgan fingerprint density at radius 3 is 1.90 bits per heavy atom. The molecule has 2 aliphatic carbocycles. The second-order valence-corrected chi connectivity index (χ2v) is 18.7. The number of halogens is 1. The summed E-state index contributed by atoms with van der Waals surface area (Å²) >= 11 is 7.10. The van der Waals surface area contributed by atoms with Gasteiger partial charge in [-0.25, -0.2) is 0 Å². The molecule has 4 rings (SSSR count). The lowest BCUT2D eigenvalue weighted by Gasteiger charge is -2.28. The molecule has 2 aromatic rings. The lowest BCUT2D eigenvalue weighted by atomic mass is 9.78. The van der Waals surface area contributed by atoms with Crippen molar-refractivity contribution in [3.63, 3.8) is 0 Å². The highest BCUT2D eigenvalue weighted by atomic mass is 35.6. The third kappa shape index (κ3) is 4.08. The minimum Gasteiger partial charge on any atom is -0.167 e. The maximum atomic E-state index is 7.10. The van der Waals surface area contributed by atoms with Crippen molar-refractivity contribution in [2.75, 3.05) is 0 Å². The number of rotatable bonds is 3. The predicted octanol–water partition coefficient (Wildman–Crippen LogP) is 8.82. The van der Waals surface area contributed by atoms with Crippen LogP contribution in [0.3, 0.4) is 0 Å². The summed E-state index contributed by atoms with van der Waals surface area (Å²) in [5.74, 6) is 0.756. The predicted molar refractivity (Wildman–Crippen MR) is 136 cm³/mol. The Labute approximate surface area is 189 Å². The molecular weight excluding hydrogens is 400 g/mol. The Kier molecular flexibility index (Phi) is 5.19.